The van der Waals surface area contributed by atoms with Crippen LogP contribution in [0.15, 0.2) is 0 Å². The predicted molar refractivity (Wildman–Crippen MR) is 31.4 cm³/mol. The molecular formula is C4H9NOS. The molecule has 0 aliphatic rings. The van der Waals surface area contributed by atoms with Crippen LogP contribution in [0.25, 0.3) is 0 Å². The van der Waals surface area contributed by atoms with E-state index in [1.807, 2.05) is 0 Å². The number of aliphatic hydroxyl groups excluding tert-OH is 1. The molecule has 0 unspecified atom stereocenters. The number of hydrogen-bond donors (Lipinski definition) is 1. The Kier molecular flexibility index (Phi) is 6.51. The molecule has 7 heavy (non-hydrogen) atoms. The van der Waals surface area contributed by atoms with E-state index < -0.39 is 0 Å². The van der Waals surface area contributed by atoms with E-state index in [4.69, 9.17) is 10.8 Å². The summed E-state index contributed by atoms with van der Waals surface area (Å²) in [5.41, 5.74) is 8.19. The van der Waals surface area contributed by atoms with Crippen LogP contribution in [0.5, 0.6) is 0 Å². The van der Waals surface area contributed by atoms with E-state index in [0.717, 1.165) is 11.5 Å². The summed E-state index contributed by atoms with van der Waals surface area (Å²) in [5.74, 6) is 1.47. The summed E-state index contributed by atoms with van der Waals surface area (Å²) in [7, 11) is 0. The fourth-order valence-electron chi connectivity index (χ4n) is 0.231. The molecule has 0 saturated heterocycles. The van der Waals surface area contributed by atoms with E-state index >= 15 is 0 Å². The van der Waals surface area contributed by atoms with Gasteiger partial charge in [-0.2, -0.15) is 11.8 Å². The molecule has 42 valence electrons. The van der Waals surface area contributed by atoms with Crippen molar-refractivity contribution in [3.05, 3.63) is 0 Å². The van der Waals surface area contributed by atoms with Crippen molar-refractivity contribution < 1.29 is 5.11 Å². The topological polar surface area (TPSA) is 42.5 Å². The van der Waals surface area contributed by atoms with Gasteiger partial charge in [-0.1, -0.05) is 0 Å². The van der Waals surface area contributed by atoms with Crippen molar-refractivity contribution in [2.24, 2.45) is 0 Å². The molecule has 0 heterocycles. The molecule has 0 atom stereocenters. The van der Waals surface area contributed by atoms with E-state index in [1.165, 1.54) is 0 Å². The van der Waals surface area contributed by atoms with Crippen LogP contribution in [-0.2, 0) is 0 Å². The Labute approximate surface area is 48.1 Å². The van der Waals surface area contributed by atoms with Crippen molar-refractivity contribution in [1.29, 1.82) is 0 Å². The zero-order valence-electron chi connectivity index (χ0n) is 4.13. The molecule has 0 rings (SSSR count). The zero-order valence-corrected chi connectivity index (χ0v) is 4.95. The molecule has 2 nitrogen and oxygen atoms in total. The Bertz CT molecular complexity index is 30.9. The van der Waals surface area contributed by atoms with Gasteiger partial charge < -0.3 is 5.11 Å². The molecule has 2 radical (unpaired) electrons. The Hall–Kier alpha value is 0.270. The fraction of sp³-hybridized carbons (Fsp3) is 1.00. The second-order valence-corrected chi connectivity index (χ2v) is 2.28. The van der Waals surface area contributed by atoms with Crippen LogP contribution in [0.4, 0.5) is 0 Å². The first-order valence-electron chi connectivity index (χ1n) is 2.21. The van der Waals surface area contributed by atoms with Gasteiger partial charge >= 0.3 is 0 Å². The lowest BCUT2D eigenvalue weighted by Crippen LogP contribution is -1.92. The van der Waals surface area contributed by atoms with E-state index in [2.05, 4.69) is 0 Å². The molecular weight excluding hydrogens is 110 g/mol. The third-order valence-corrected chi connectivity index (χ3v) is 1.41. The van der Waals surface area contributed by atoms with E-state index in [9.17, 15) is 0 Å². The van der Waals surface area contributed by atoms with Crippen molar-refractivity contribution in [3.8, 4) is 0 Å². The highest BCUT2D eigenvalue weighted by Crippen LogP contribution is 1.94. The lowest BCUT2D eigenvalue weighted by molar-refractivity contribution is 0.322. The van der Waals surface area contributed by atoms with Gasteiger partial charge in [-0.05, 0) is 0 Å². The highest BCUT2D eigenvalue weighted by molar-refractivity contribution is 7.99. The normalized spacial score (nSPS) is 9.43. The largest absolute Gasteiger partial charge is 0.396 e. The van der Waals surface area contributed by atoms with Crippen LogP contribution in [0, 0.1) is 0 Å². The average Bonchev–Trinajstić information content (AvgIpc) is 1.69. The number of rotatable bonds is 4. The molecule has 0 fully saturated rings. The molecule has 0 bridgehead atoms. The summed E-state index contributed by atoms with van der Waals surface area (Å²) in [6.07, 6.45) is 0. The minimum Gasteiger partial charge on any atom is -0.396 e. The molecule has 0 saturated carbocycles. The third-order valence-electron chi connectivity index (χ3n) is 0.471. The lowest BCUT2D eigenvalue weighted by atomic mass is 10.8. The van der Waals surface area contributed by atoms with Crippen LogP contribution in [-0.4, -0.2) is 29.8 Å². The minimum absolute atomic E-state index is 0.213. The van der Waals surface area contributed by atoms with Crippen molar-refractivity contribution in [1.82, 2.24) is 5.73 Å². The van der Waals surface area contributed by atoms with E-state index in [1.54, 1.807) is 11.8 Å². The molecule has 0 aromatic heterocycles. The maximum atomic E-state index is 8.19. The SMILES string of the molecule is [N]CCSCCO. The summed E-state index contributed by atoms with van der Waals surface area (Å²) >= 11 is 1.55. The average molecular weight is 119 g/mol. The summed E-state index contributed by atoms with van der Waals surface area (Å²) in [5, 5.41) is 8.19. The molecule has 3 heteroatoms. The Morgan fingerprint density at radius 1 is 1.43 bits per heavy atom. The Morgan fingerprint density at radius 2 is 2.14 bits per heavy atom. The van der Waals surface area contributed by atoms with Crippen LogP contribution in [0.2, 0.25) is 0 Å². The molecule has 0 aromatic rings. The van der Waals surface area contributed by atoms with Gasteiger partial charge in [0.05, 0.1) is 6.61 Å². The zero-order chi connectivity index (χ0) is 5.54. The molecule has 0 aromatic carbocycles. The number of nitrogens with zero attached hydrogens (tertiary/aromatic N) is 1. The van der Waals surface area contributed by atoms with Crippen LogP contribution in [0.3, 0.4) is 0 Å². The second kappa shape index (κ2) is 6.27. The number of aliphatic hydroxyl groups is 1. The van der Waals surface area contributed by atoms with Gasteiger partial charge in [0, 0.05) is 18.1 Å². The van der Waals surface area contributed by atoms with Gasteiger partial charge in [-0.3, -0.25) is 0 Å². The summed E-state index contributed by atoms with van der Waals surface area (Å²) in [6, 6.07) is 0. The van der Waals surface area contributed by atoms with E-state index in [0.29, 0.717) is 0 Å². The standard InChI is InChI=1S/C4H9NOS/c5-1-3-7-4-2-6/h6H,1-4H2. The van der Waals surface area contributed by atoms with Gasteiger partial charge in [-0.25, -0.2) is 0 Å². The van der Waals surface area contributed by atoms with E-state index in [-0.39, 0.29) is 13.2 Å². The minimum atomic E-state index is 0.213. The monoisotopic (exact) mass is 119 g/mol. The highest BCUT2D eigenvalue weighted by Gasteiger charge is 1.81. The van der Waals surface area contributed by atoms with Crippen molar-refractivity contribution in [2.75, 3.05) is 24.7 Å². The molecule has 1 N–H and O–H groups in total. The van der Waals surface area contributed by atoms with Gasteiger partial charge in [0.1, 0.15) is 0 Å². The molecule has 0 aliphatic carbocycles. The maximum Gasteiger partial charge on any atom is 0.0521 e. The van der Waals surface area contributed by atoms with Gasteiger partial charge in [0.2, 0.25) is 0 Å². The van der Waals surface area contributed by atoms with Crippen LogP contribution < -0.4 is 5.73 Å². The van der Waals surface area contributed by atoms with Crippen molar-refractivity contribution in [2.45, 2.75) is 0 Å². The molecule has 0 spiro atoms. The Morgan fingerprint density at radius 3 is 2.57 bits per heavy atom. The fourth-order valence-corrected chi connectivity index (χ4v) is 0.693. The summed E-state index contributed by atoms with van der Waals surface area (Å²) in [6.45, 7) is 0.426. The third kappa shape index (κ3) is 6.27. The second-order valence-electron chi connectivity index (χ2n) is 1.06. The maximum absolute atomic E-state index is 8.19. The predicted octanol–water partition coefficient (Wildman–Crippen LogP) is -0.219. The van der Waals surface area contributed by atoms with Gasteiger partial charge in [-0.15, -0.1) is 5.73 Å². The molecule has 0 aliphatic heterocycles. The molecule has 0 amide bonds. The highest BCUT2D eigenvalue weighted by atomic mass is 32.2. The summed E-state index contributed by atoms with van der Waals surface area (Å²) in [4.78, 5) is 0. The quantitative estimate of drug-likeness (QED) is 0.520. The summed E-state index contributed by atoms with van der Waals surface area (Å²) < 4.78 is 0. The van der Waals surface area contributed by atoms with Gasteiger partial charge in [0.25, 0.3) is 0 Å². The first-order valence-corrected chi connectivity index (χ1v) is 3.36. The first-order chi connectivity index (χ1) is 3.41. The van der Waals surface area contributed by atoms with Gasteiger partial charge in [0.15, 0.2) is 0 Å². The first kappa shape index (κ1) is 7.27. The lowest BCUT2D eigenvalue weighted by Gasteiger charge is -1.89. The van der Waals surface area contributed by atoms with Crippen molar-refractivity contribution in [3.63, 3.8) is 0 Å². The van der Waals surface area contributed by atoms with Crippen LogP contribution in [0.1, 0.15) is 0 Å². The number of thioether (sulfide) groups is 1. The van der Waals surface area contributed by atoms with Crippen molar-refractivity contribution >= 4 is 11.8 Å². The Balaban J connectivity index is 2.45. The number of hydrogen-bond acceptors (Lipinski definition) is 2. The smallest absolute Gasteiger partial charge is 0.0521 e. The van der Waals surface area contributed by atoms with Crippen LogP contribution >= 0.6 is 11.8 Å².